The number of H-pyrrole nitrogens is 1. The van der Waals surface area contributed by atoms with Crippen molar-refractivity contribution in [1.82, 2.24) is 15.5 Å². The number of benzene rings is 1. The van der Waals surface area contributed by atoms with Gasteiger partial charge in [0.05, 0.1) is 24.0 Å². The Morgan fingerprint density at radius 1 is 1.55 bits per heavy atom. The number of nitrogens with two attached hydrogens (primary N) is 1. The van der Waals surface area contributed by atoms with E-state index in [0.29, 0.717) is 5.69 Å². The van der Waals surface area contributed by atoms with Crippen LogP contribution in [0.1, 0.15) is 6.92 Å². The van der Waals surface area contributed by atoms with E-state index in [0.717, 1.165) is 10.9 Å². The molecule has 3 rings (SSSR count). The number of nitrogens with zero attached hydrogens (tertiary/aromatic N) is 2. The van der Waals surface area contributed by atoms with Crippen LogP contribution >= 0.6 is 0 Å². The highest BCUT2D eigenvalue weighted by atomic mass is 16.5. The number of amidine groups is 1. The van der Waals surface area contributed by atoms with Gasteiger partial charge in [0.2, 0.25) is 0 Å². The molecule has 2 heterocycles. The summed E-state index contributed by atoms with van der Waals surface area (Å²) in [5, 5.41) is 19.0. The number of rotatable bonds is 3. The third-order valence-electron chi connectivity index (χ3n) is 3.38. The second-order valence-corrected chi connectivity index (χ2v) is 4.72. The number of para-hydroxylation sites is 1. The maximum Gasteiger partial charge on any atom is 0.343 e. The van der Waals surface area contributed by atoms with Crippen LogP contribution in [0.5, 0.6) is 0 Å². The number of carbonyl (C=O) groups is 1. The number of carbonyl (C=O) groups excluding carboxylic acids is 1. The number of anilines is 1. The van der Waals surface area contributed by atoms with Gasteiger partial charge in [-0.25, -0.2) is 4.79 Å². The molecule has 1 aromatic carbocycles. The number of hydrogen-bond acceptors (Lipinski definition) is 6. The number of ether oxygens (including phenoxy) is 1. The molecule has 0 amide bonds. The van der Waals surface area contributed by atoms with E-state index in [9.17, 15) is 4.79 Å². The molecule has 8 nitrogen and oxygen atoms in total. The molecule has 114 valence electrons. The predicted molar refractivity (Wildman–Crippen MR) is 82.1 cm³/mol. The Kier molecular flexibility index (Phi) is 3.51. The van der Waals surface area contributed by atoms with Crippen LogP contribution < -0.4 is 16.0 Å². The maximum atomic E-state index is 11.9. The normalized spacial score (nSPS) is 18.1. The van der Waals surface area contributed by atoms with Crippen LogP contribution in [0, 0.1) is 5.41 Å². The van der Waals surface area contributed by atoms with Gasteiger partial charge >= 0.3 is 5.97 Å². The van der Waals surface area contributed by atoms with Crippen molar-refractivity contribution in [1.29, 1.82) is 5.41 Å². The molecule has 1 aliphatic heterocycles. The van der Waals surface area contributed by atoms with Gasteiger partial charge in [0, 0.05) is 11.6 Å². The molecule has 0 spiro atoms. The zero-order valence-corrected chi connectivity index (χ0v) is 12.0. The van der Waals surface area contributed by atoms with Crippen LogP contribution in [-0.2, 0) is 9.53 Å². The lowest BCUT2D eigenvalue weighted by Crippen LogP contribution is -2.57. The van der Waals surface area contributed by atoms with Gasteiger partial charge in [-0.1, -0.05) is 12.1 Å². The van der Waals surface area contributed by atoms with Gasteiger partial charge in [0.15, 0.2) is 6.29 Å². The number of esters is 1. The minimum atomic E-state index is -0.667. The first-order valence-electron chi connectivity index (χ1n) is 6.82. The Hall–Kier alpha value is -2.87. The smallest absolute Gasteiger partial charge is 0.343 e. The molecule has 0 fully saturated rings. The van der Waals surface area contributed by atoms with Gasteiger partial charge in [0.25, 0.3) is 0 Å². The summed E-state index contributed by atoms with van der Waals surface area (Å²) in [5.74, 6) is -0.583. The third kappa shape index (κ3) is 2.19. The van der Waals surface area contributed by atoms with Crippen LogP contribution in [0.25, 0.3) is 10.9 Å². The fourth-order valence-corrected chi connectivity index (χ4v) is 2.37. The Morgan fingerprint density at radius 3 is 3.14 bits per heavy atom. The molecule has 1 aromatic heterocycles. The zero-order chi connectivity index (χ0) is 15.7. The van der Waals surface area contributed by atoms with Gasteiger partial charge < -0.3 is 10.1 Å². The van der Waals surface area contributed by atoms with Crippen LogP contribution in [0.2, 0.25) is 0 Å². The summed E-state index contributed by atoms with van der Waals surface area (Å²) in [6, 6.07) is 5.55. The van der Waals surface area contributed by atoms with E-state index in [1.165, 1.54) is 11.1 Å². The molecule has 1 aliphatic rings. The van der Waals surface area contributed by atoms with Crippen molar-refractivity contribution in [2.75, 3.05) is 11.5 Å². The van der Waals surface area contributed by atoms with E-state index < -0.39 is 12.3 Å². The van der Waals surface area contributed by atoms with E-state index in [2.05, 4.69) is 15.5 Å². The summed E-state index contributed by atoms with van der Waals surface area (Å²) in [6.07, 6.45) is 2.43. The average Bonchev–Trinajstić information content (AvgIpc) is 2.96. The fraction of sp³-hybridized carbons (Fsp3) is 0.214. The highest BCUT2D eigenvalue weighted by Crippen LogP contribution is 2.27. The van der Waals surface area contributed by atoms with Crippen molar-refractivity contribution in [2.24, 2.45) is 5.73 Å². The lowest BCUT2D eigenvalue weighted by Gasteiger charge is -2.35. The number of fused-ring (bicyclic) bond motifs is 1. The summed E-state index contributed by atoms with van der Waals surface area (Å²) in [6.45, 7) is 1.96. The van der Waals surface area contributed by atoms with Crippen molar-refractivity contribution in [3.05, 3.63) is 36.2 Å². The molecule has 22 heavy (non-hydrogen) atoms. The van der Waals surface area contributed by atoms with E-state index in [4.69, 9.17) is 15.9 Å². The maximum absolute atomic E-state index is 11.9. The Labute approximate surface area is 126 Å². The van der Waals surface area contributed by atoms with Crippen LogP contribution in [-0.4, -0.2) is 34.9 Å². The van der Waals surface area contributed by atoms with E-state index >= 15 is 0 Å². The molecule has 2 aromatic rings. The molecule has 0 aliphatic carbocycles. The molecule has 0 radical (unpaired) electrons. The molecule has 1 unspecified atom stereocenters. The standard InChI is InChI=1S/C14H16N6O2/c1-2-22-13(21)9-7-17-14(16)20(12(9)15)10-5-3-4-8-6-18-19-11(8)10/h3-7,14-15,17H,2,16H2,1H3,(H,18,19). The molecule has 1 atom stereocenters. The summed E-state index contributed by atoms with van der Waals surface area (Å²) < 4.78 is 4.97. The van der Waals surface area contributed by atoms with Crippen molar-refractivity contribution >= 4 is 28.4 Å². The highest BCUT2D eigenvalue weighted by Gasteiger charge is 2.31. The topological polar surface area (TPSA) is 120 Å². The Balaban J connectivity index is 2.03. The first kappa shape index (κ1) is 14.1. The van der Waals surface area contributed by atoms with Gasteiger partial charge in [-0.2, -0.15) is 5.10 Å². The number of aromatic amines is 1. The Bertz CT molecular complexity index is 766. The predicted octanol–water partition coefficient (Wildman–Crippen LogP) is 0.639. The molecular formula is C14H16N6O2. The highest BCUT2D eigenvalue weighted by molar-refractivity contribution is 6.25. The second-order valence-electron chi connectivity index (χ2n) is 4.72. The largest absolute Gasteiger partial charge is 0.462 e. The summed E-state index contributed by atoms with van der Waals surface area (Å²) in [4.78, 5) is 13.5. The van der Waals surface area contributed by atoms with Crippen molar-refractivity contribution in [2.45, 2.75) is 13.2 Å². The first-order chi connectivity index (χ1) is 10.6. The van der Waals surface area contributed by atoms with E-state index in [-0.39, 0.29) is 18.0 Å². The molecular weight excluding hydrogens is 284 g/mol. The van der Waals surface area contributed by atoms with E-state index in [1.807, 2.05) is 18.2 Å². The second kappa shape index (κ2) is 5.49. The van der Waals surface area contributed by atoms with Crippen LogP contribution in [0.3, 0.4) is 0 Å². The monoisotopic (exact) mass is 300 g/mol. The zero-order valence-electron chi connectivity index (χ0n) is 12.0. The van der Waals surface area contributed by atoms with Crippen molar-refractivity contribution in [3.8, 4) is 0 Å². The molecule has 0 saturated carbocycles. The molecule has 8 heteroatoms. The summed E-state index contributed by atoms with van der Waals surface area (Å²) in [7, 11) is 0. The van der Waals surface area contributed by atoms with E-state index in [1.54, 1.807) is 13.1 Å². The van der Waals surface area contributed by atoms with Crippen LogP contribution in [0.15, 0.2) is 36.2 Å². The Morgan fingerprint density at radius 2 is 2.36 bits per heavy atom. The lowest BCUT2D eigenvalue weighted by atomic mass is 10.1. The summed E-state index contributed by atoms with van der Waals surface area (Å²) in [5.41, 5.74) is 7.57. The molecule has 0 saturated heterocycles. The fourth-order valence-electron chi connectivity index (χ4n) is 2.37. The number of nitrogens with one attached hydrogen (secondary N) is 3. The minimum absolute atomic E-state index is 0.0215. The number of hydrogen-bond donors (Lipinski definition) is 4. The van der Waals surface area contributed by atoms with Crippen molar-refractivity contribution < 1.29 is 9.53 Å². The third-order valence-corrected chi connectivity index (χ3v) is 3.38. The molecule has 0 bridgehead atoms. The van der Waals surface area contributed by atoms with Gasteiger partial charge in [-0.15, -0.1) is 0 Å². The minimum Gasteiger partial charge on any atom is -0.462 e. The van der Waals surface area contributed by atoms with Crippen LogP contribution in [0.4, 0.5) is 5.69 Å². The quantitative estimate of drug-likeness (QED) is 0.617. The first-order valence-corrected chi connectivity index (χ1v) is 6.82. The molecule has 5 N–H and O–H groups in total. The SMILES string of the molecule is CCOC(=O)C1=CNC(N)N(c2cccc3cn[nH]c23)C1=N. The number of aromatic nitrogens is 2. The lowest BCUT2D eigenvalue weighted by molar-refractivity contribution is -0.137. The van der Waals surface area contributed by atoms with Crippen molar-refractivity contribution in [3.63, 3.8) is 0 Å². The van der Waals surface area contributed by atoms with Gasteiger partial charge in [-0.05, 0) is 13.0 Å². The summed E-state index contributed by atoms with van der Waals surface area (Å²) >= 11 is 0. The van der Waals surface area contributed by atoms with Gasteiger partial charge in [-0.3, -0.25) is 21.1 Å². The van der Waals surface area contributed by atoms with Gasteiger partial charge in [0.1, 0.15) is 11.4 Å². The average molecular weight is 300 g/mol.